The number of alkyl halides is 3. The Hall–Kier alpha value is -0.990. The van der Waals surface area contributed by atoms with Crippen molar-refractivity contribution in [3.8, 4) is 0 Å². The third-order valence-electron chi connectivity index (χ3n) is 4.63. The summed E-state index contributed by atoms with van der Waals surface area (Å²) >= 11 is 3.04. The number of nitrogens with one attached hydrogen (secondary N) is 1. The molecule has 3 heterocycles. The van der Waals surface area contributed by atoms with Gasteiger partial charge >= 0.3 is 6.18 Å². The molecule has 2 aliphatic rings. The second-order valence-electron chi connectivity index (χ2n) is 5.92. The molecule has 1 aromatic carbocycles. The molecular weight excluding hydrogens is 343 g/mol. The first kappa shape index (κ1) is 15.5. The van der Waals surface area contributed by atoms with Crippen LogP contribution in [0, 0.1) is 5.41 Å². The number of aromatic nitrogens is 1. The summed E-state index contributed by atoms with van der Waals surface area (Å²) in [5, 5.41) is 8.05. The monoisotopic (exact) mass is 359 g/mol. The van der Waals surface area contributed by atoms with Gasteiger partial charge in [-0.1, -0.05) is 11.3 Å². The number of thiazole rings is 1. The van der Waals surface area contributed by atoms with Crippen LogP contribution >= 0.6 is 23.1 Å². The topological polar surface area (TPSA) is 32.0 Å². The van der Waals surface area contributed by atoms with Gasteiger partial charge < -0.3 is 4.57 Å². The van der Waals surface area contributed by atoms with E-state index in [4.69, 9.17) is 5.41 Å². The molecule has 2 aliphatic heterocycles. The van der Waals surface area contributed by atoms with Gasteiger partial charge in [0.1, 0.15) is 0 Å². The van der Waals surface area contributed by atoms with Gasteiger partial charge in [0.25, 0.3) is 0 Å². The maximum atomic E-state index is 13.3. The van der Waals surface area contributed by atoms with Gasteiger partial charge in [0, 0.05) is 37.2 Å². The standard InChI is InChI=1S/C15H16F3N3S2/c16-15(17,18)9-7-10-11(20-3-5-22-6-4-20)1-2-21-13(10)12(8-9)23-14(21)19/h7-8,11,19H,1-6H2. The molecule has 1 saturated heterocycles. The van der Waals surface area contributed by atoms with E-state index in [-0.39, 0.29) is 6.04 Å². The molecule has 23 heavy (non-hydrogen) atoms. The van der Waals surface area contributed by atoms with Gasteiger partial charge in [-0.3, -0.25) is 10.3 Å². The van der Waals surface area contributed by atoms with E-state index in [1.165, 1.54) is 12.1 Å². The van der Waals surface area contributed by atoms with Crippen molar-refractivity contribution in [2.75, 3.05) is 24.6 Å². The van der Waals surface area contributed by atoms with Crippen LogP contribution < -0.4 is 4.80 Å². The number of benzene rings is 1. The second kappa shape index (κ2) is 5.53. The number of hydrogen-bond acceptors (Lipinski definition) is 4. The maximum absolute atomic E-state index is 13.3. The summed E-state index contributed by atoms with van der Waals surface area (Å²) in [6, 6.07) is 2.55. The SMILES string of the molecule is N=c1sc2cc(C(F)(F)F)cc3c2n1CCC3N1CCSCC1. The molecule has 1 aromatic heterocycles. The summed E-state index contributed by atoms with van der Waals surface area (Å²) in [6.45, 7) is 2.56. The van der Waals surface area contributed by atoms with Gasteiger partial charge in [-0.2, -0.15) is 24.9 Å². The minimum Gasteiger partial charge on any atom is -0.317 e. The van der Waals surface area contributed by atoms with Gasteiger partial charge in [-0.15, -0.1) is 0 Å². The lowest BCUT2D eigenvalue weighted by molar-refractivity contribution is -0.137. The largest absolute Gasteiger partial charge is 0.416 e. The van der Waals surface area contributed by atoms with Crippen molar-refractivity contribution in [3.63, 3.8) is 0 Å². The van der Waals surface area contributed by atoms with E-state index < -0.39 is 11.7 Å². The average Bonchev–Trinajstić information content (AvgIpc) is 2.85. The van der Waals surface area contributed by atoms with E-state index in [0.29, 0.717) is 16.0 Å². The van der Waals surface area contributed by atoms with Crippen LogP contribution in [0.3, 0.4) is 0 Å². The zero-order valence-corrected chi connectivity index (χ0v) is 14.0. The summed E-state index contributed by atoms with van der Waals surface area (Å²) in [5.74, 6) is 2.07. The molecule has 0 radical (unpaired) electrons. The summed E-state index contributed by atoms with van der Waals surface area (Å²) < 4.78 is 42.2. The van der Waals surface area contributed by atoms with Crippen molar-refractivity contribution in [3.05, 3.63) is 28.1 Å². The number of thioether (sulfide) groups is 1. The van der Waals surface area contributed by atoms with Gasteiger partial charge in [0.05, 0.1) is 15.8 Å². The van der Waals surface area contributed by atoms with Gasteiger partial charge in [-0.05, 0) is 24.1 Å². The Morgan fingerprint density at radius 2 is 1.87 bits per heavy atom. The quantitative estimate of drug-likeness (QED) is 0.842. The first-order valence-corrected chi connectivity index (χ1v) is 9.53. The molecule has 1 unspecified atom stereocenters. The van der Waals surface area contributed by atoms with Crippen molar-refractivity contribution < 1.29 is 13.2 Å². The van der Waals surface area contributed by atoms with Crippen LogP contribution in [0.5, 0.6) is 0 Å². The Kier molecular flexibility index (Phi) is 3.73. The molecule has 1 N–H and O–H groups in total. The zero-order valence-electron chi connectivity index (χ0n) is 12.3. The summed E-state index contributed by atoms with van der Waals surface area (Å²) in [4.78, 5) is 2.66. The van der Waals surface area contributed by atoms with Crippen LogP contribution in [0.2, 0.25) is 0 Å². The zero-order chi connectivity index (χ0) is 16.2. The molecule has 8 heteroatoms. The van der Waals surface area contributed by atoms with Crippen molar-refractivity contribution in [2.45, 2.75) is 25.2 Å². The minimum atomic E-state index is -4.35. The maximum Gasteiger partial charge on any atom is 0.416 e. The van der Waals surface area contributed by atoms with E-state index in [0.717, 1.165) is 53.4 Å². The number of aryl methyl sites for hydroxylation is 1. The lowest BCUT2D eigenvalue weighted by Gasteiger charge is -2.37. The number of hydrogen-bond donors (Lipinski definition) is 1. The van der Waals surface area contributed by atoms with Crippen molar-refractivity contribution in [1.82, 2.24) is 9.47 Å². The third kappa shape index (κ3) is 2.60. The fourth-order valence-electron chi connectivity index (χ4n) is 3.56. The lowest BCUT2D eigenvalue weighted by Crippen LogP contribution is -2.38. The molecule has 124 valence electrons. The number of rotatable bonds is 1. The van der Waals surface area contributed by atoms with Crippen LogP contribution in [0.1, 0.15) is 23.6 Å². The molecule has 0 saturated carbocycles. The molecular formula is C15H16F3N3S2. The highest BCUT2D eigenvalue weighted by atomic mass is 32.2. The van der Waals surface area contributed by atoms with Gasteiger partial charge in [-0.25, -0.2) is 0 Å². The fourth-order valence-corrected chi connectivity index (χ4v) is 5.51. The van der Waals surface area contributed by atoms with Crippen molar-refractivity contribution in [2.24, 2.45) is 0 Å². The minimum absolute atomic E-state index is 0.0368. The van der Waals surface area contributed by atoms with Crippen molar-refractivity contribution >= 4 is 33.3 Å². The smallest absolute Gasteiger partial charge is 0.317 e. The van der Waals surface area contributed by atoms with Crippen LogP contribution in [0.15, 0.2) is 12.1 Å². The predicted octanol–water partition coefficient (Wildman–Crippen LogP) is 3.69. The first-order valence-electron chi connectivity index (χ1n) is 7.56. The summed E-state index contributed by atoms with van der Waals surface area (Å²) in [5.41, 5.74) is 0.997. The van der Waals surface area contributed by atoms with Gasteiger partial charge in [0.2, 0.25) is 0 Å². The molecule has 2 aromatic rings. The average molecular weight is 359 g/mol. The van der Waals surface area contributed by atoms with E-state index in [1.807, 2.05) is 16.3 Å². The lowest BCUT2D eigenvalue weighted by atomic mass is 9.95. The van der Waals surface area contributed by atoms with Crippen LogP contribution in [0.4, 0.5) is 13.2 Å². The summed E-state index contributed by atoms with van der Waals surface area (Å²) in [7, 11) is 0. The molecule has 4 rings (SSSR count). The number of nitrogens with zero attached hydrogens (tertiary/aromatic N) is 2. The van der Waals surface area contributed by atoms with Crippen LogP contribution in [0.25, 0.3) is 10.2 Å². The highest BCUT2D eigenvalue weighted by Crippen LogP contribution is 2.41. The molecule has 0 aliphatic carbocycles. The Morgan fingerprint density at radius 1 is 1.13 bits per heavy atom. The van der Waals surface area contributed by atoms with E-state index >= 15 is 0 Å². The Bertz CT molecular complexity index is 803. The third-order valence-corrected chi connectivity index (χ3v) is 6.51. The Labute approximate surface area is 139 Å². The van der Waals surface area contributed by atoms with Gasteiger partial charge in [0.15, 0.2) is 4.80 Å². The van der Waals surface area contributed by atoms with Crippen LogP contribution in [-0.2, 0) is 12.7 Å². The van der Waals surface area contributed by atoms with Crippen molar-refractivity contribution in [1.29, 1.82) is 5.41 Å². The highest BCUT2D eigenvalue weighted by molar-refractivity contribution is 7.99. The number of halogens is 3. The molecule has 0 bridgehead atoms. The second-order valence-corrected chi connectivity index (χ2v) is 8.18. The first-order chi connectivity index (χ1) is 10.9. The normalized spacial score (nSPS) is 22.7. The Balaban J connectivity index is 1.90. The molecule has 1 atom stereocenters. The molecule has 1 fully saturated rings. The van der Waals surface area contributed by atoms with Crippen LogP contribution in [-0.4, -0.2) is 34.1 Å². The van der Waals surface area contributed by atoms with E-state index in [9.17, 15) is 13.2 Å². The Morgan fingerprint density at radius 3 is 2.57 bits per heavy atom. The highest BCUT2D eigenvalue weighted by Gasteiger charge is 2.35. The molecule has 3 nitrogen and oxygen atoms in total. The molecule has 0 spiro atoms. The molecule has 0 amide bonds. The van der Waals surface area contributed by atoms with E-state index in [2.05, 4.69) is 4.90 Å². The van der Waals surface area contributed by atoms with E-state index in [1.54, 1.807) is 0 Å². The predicted molar refractivity (Wildman–Crippen MR) is 86.9 cm³/mol. The summed E-state index contributed by atoms with van der Waals surface area (Å²) in [6.07, 6.45) is -3.57. The fraction of sp³-hybridized carbons (Fsp3) is 0.533.